The lowest BCUT2D eigenvalue weighted by Gasteiger charge is -2.16. The SMILES string of the molecule is CC(C)[C@@H](NC(=O)/C=C\C(=O)O)C(=O)O. The van der Waals surface area contributed by atoms with Crippen molar-refractivity contribution in [3.8, 4) is 0 Å². The minimum atomic E-state index is -1.26. The van der Waals surface area contributed by atoms with Crippen LogP contribution >= 0.6 is 0 Å². The van der Waals surface area contributed by atoms with Gasteiger partial charge in [-0.1, -0.05) is 13.8 Å². The van der Waals surface area contributed by atoms with Crippen molar-refractivity contribution in [3.63, 3.8) is 0 Å². The summed E-state index contributed by atoms with van der Waals surface area (Å²) >= 11 is 0. The van der Waals surface area contributed by atoms with Gasteiger partial charge in [-0.15, -0.1) is 0 Å². The highest BCUT2D eigenvalue weighted by atomic mass is 16.4. The van der Waals surface area contributed by atoms with E-state index in [2.05, 4.69) is 5.32 Å². The van der Waals surface area contributed by atoms with Gasteiger partial charge in [0.15, 0.2) is 0 Å². The highest BCUT2D eigenvalue weighted by molar-refractivity contribution is 5.95. The van der Waals surface area contributed by atoms with Crippen molar-refractivity contribution in [3.05, 3.63) is 12.2 Å². The number of aliphatic carboxylic acids is 2. The maximum Gasteiger partial charge on any atom is 0.328 e. The molecule has 1 amide bonds. The summed E-state index contributed by atoms with van der Waals surface area (Å²) in [6.45, 7) is 3.28. The molecule has 0 saturated carbocycles. The number of carbonyl (C=O) groups excluding carboxylic acids is 1. The maximum absolute atomic E-state index is 11.0. The van der Waals surface area contributed by atoms with Crippen LogP contribution < -0.4 is 5.32 Å². The van der Waals surface area contributed by atoms with Crippen molar-refractivity contribution in [2.45, 2.75) is 19.9 Å². The van der Waals surface area contributed by atoms with Crippen molar-refractivity contribution in [2.24, 2.45) is 5.92 Å². The van der Waals surface area contributed by atoms with E-state index >= 15 is 0 Å². The third-order valence-corrected chi connectivity index (χ3v) is 1.61. The summed E-state index contributed by atoms with van der Waals surface area (Å²) in [5.41, 5.74) is 0. The average molecular weight is 215 g/mol. The smallest absolute Gasteiger partial charge is 0.328 e. The molecule has 0 aromatic rings. The molecule has 1 atom stereocenters. The standard InChI is InChI=1S/C9H13NO5/c1-5(2)8(9(14)15)10-6(11)3-4-7(12)13/h3-5,8H,1-2H3,(H,10,11)(H,12,13)(H,14,15)/b4-3-/t8-/m1/s1. The average Bonchev–Trinajstić information content (AvgIpc) is 2.09. The van der Waals surface area contributed by atoms with Crippen LogP contribution in [0.4, 0.5) is 0 Å². The fourth-order valence-electron chi connectivity index (χ4n) is 0.862. The van der Waals surface area contributed by atoms with E-state index in [-0.39, 0.29) is 5.92 Å². The van der Waals surface area contributed by atoms with Gasteiger partial charge in [-0.25, -0.2) is 9.59 Å². The first kappa shape index (κ1) is 13.2. The van der Waals surface area contributed by atoms with Crippen molar-refractivity contribution < 1.29 is 24.6 Å². The van der Waals surface area contributed by atoms with Crippen LogP contribution in [-0.4, -0.2) is 34.1 Å². The summed E-state index contributed by atoms with van der Waals surface area (Å²) in [5.74, 6) is -3.42. The quantitative estimate of drug-likeness (QED) is 0.553. The predicted molar refractivity (Wildman–Crippen MR) is 51.2 cm³/mol. The van der Waals surface area contributed by atoms with E-state index in [1.54, 1.807) is 13.8 Å². The first-order valence-electron chi connectivity index (χ1n) is 4.29. The number of carboxylic acid groups (broad SMARTS) is 2. The normalized spacial score (nSPS) is 12.7. The zero-order chi connectivity index (χ0) is 12.0. The summed E-state index contributed by atoms with van der Waals surface area (Å²) in [6, 6.07) is -1.02. The first-order chi connectivity index (χ1) is 6.84. The number of carbonyl (C=O) groups is 3. The largest absolute Gasteiger partial charge is 0.480 e. The summed E-state index contributed by atoms with van der Waals surface area (Å²) in [4.78, 5) is 31.8. The lowest BCUT2D eigenvalue weighted by atomic mass is 10.1. The third-order valence-electron chi connectivity index (χ3n) is 1.61. The van der Waals surface area contributed by atoms with Gasteiger partial charge in [0.05, 0.1) is 0 Å². The minimum absolute atomic E-state index is 0.273. The van der Waals surface area contributed by atoms with E-state index in [1.807, 2.05) is 0 Å². The fourth-order valence-corrected chi connectivity index (χ4v) is 0.862. The Morgan fingerprint density at radius 2 is 1.67 bits per heavy atom. The van der Waals surface area contributed by atoms with E-state index in [1.165, 1.54) is 0 Å². The van der Waals surface area contributed by atoms with Gasteiger partial charge in [0.2, 0.25) is 5.91 Å². The molecule has 0 aliphatic rings. The Morgan fingerprint density at radius 1 is 1.13 bits per heavy atom. The van der Waals surface area contributed by atoms with Crippen LogP contribution in [0, 0.1) is 5.92 Å². The molecule has 0 unspecified atom stereocenters. The van der Waals surface area contributed by atoms with Gasteiger partial charge >= 0.3 is 11.9 Å². The first-order valence-corrected chi connectivity index (χ1v) is 4.29. The molecule has 0 heterocycles. The Kier molecular flexibility index (Phi) is 5.08. The molecule has 0 radical (unpaired) electrons. The number of hydrogen-bond acceptors (Lipinski definition) is 3. The number of carboxylic acids is 2. The highest BCUT2D eigenvalue weighted by Crippen LogP contribution is 2.01. The molecule has 0 spiro atoms. The molecule has 15 heavy (non-hydrogen) atoms. The van der Waals surface area contributed by atoms with Gasteiger partial charge in [0, 0.05) is 12.2 Å². The summed E-state index contributed by atoms with van der Waals surface area (Å²) < 4.78 is 0. The molecule has 0 aromatic heterocycles. The van der Waals surface area contributed by atoms with E-state index in [9.17, 15) is 14.4 Å². The molecule has 6 heteroatoms. The van der Waals surface area contributed by atoms with Gasteiger partial charge in [-0.2, -0.15) is 0 Å². The number of nitrogens with one attached hydrogen (secondary N) is 1. The van der Waals surface area contributed by atoms with E-state index in [0.29, 0.717) is 6.08 Å². The topological polar surface area (TPSA) is 104 Å². The Balaban J connectivity index is 4.37. The molecule has 0 fully saturated rings. The monoisotopic (exact) mass is 215 g/mol. The van der Waals surface area contributed by atoms with Crippen LogP contribution in [0.15, 0.2) is 12.2 Å². The third kappa shape index (κ3) is 5.45. The number of rotatable bonds is 5. The van der Waals surface area contributed by atoms with Gasteiger partial charge in [0.1, 0.15) is 6.04 Å². The Labute approximate surface area is 86.6 Å². The summed E-state index contributed by atoms with van der Waals surface area (Å²) in [5, 5.41) is 19.1. The van der Waals surface area contributed by atoms with Gasteiger partial charge in [0.25, 0.3) is 0 Å². The van der Waals surface area contributed by atoms with Crippen LogP contribution in [0.1, 0.15) is 13.8 Å². The molecule has 84 valence electrons. The Bertz CT molecular complexity index is 295. The van der Waals surface area contributed by atoms with Crippen molar-refractivity contribution in [1.29, 1.82) is 0 Å². The molecule has 0 aliphatic carbocycles. The zero-order valence-corrected chi connectivity index (χ0v) is 8.43. The number of hydrogen-bond donors (Lipinski definition) is 3. The second kappa shape index (κ2) is 5.79. The lowest BCUT2D eigenvalue weighted by Crippen LogP contribution is -2.43. The molecule has 0 saturated heterocycles. The van der Waals surface area contributed by atoms with Gasteiger partial charge < -0.3 is 15.5 Å². The van der Waals surface area contributed by atoms with Crippen molar-refractivity contribution in [2.75, 3.05) is 0 Å². The molecule has 0 aromatic carbocycles. The van der Waals surface area contributed by atoms with E-state index in [0.717, 1.165) is 6.08 Å². The van der Waals surface area contributed by atoms with E-state index in [4.69, 9.17) is 10.2 Å². The summed E-state index contributed by atoms with van der Waals surface area (Å²) in [7, 11) is 0. The van der Waals surface area contributed by atoms with Crippen LogP contribution in [0.25, 0.3) is 0 Å². The molecule has 6 nitrogen and oxygen atoms in total. The van der Waals surface area contributed by atoms with Crippen molar-refractivity contribution in [1.82, 2.24) is 5.32 Å². The molecule has 0 aliphatic heterocycles. The molecule has 0 rings (SSSR count). The van der Waals surface area contributed by atoms with Crippen LogP contribution in [0.3, 0.4) is 0 Å². The molecular weight excluding hydrogens is 202 g/mol. The lowest BCUT2D eigenvalue weighted by molar-refractivity contribution is -0.142. The van der Waals surface area contributed by atoms with Gasteiger partial charge in [-0.3, -0.25) is 4.79 Å². The molecular formula is C9H13NO5. The Morgan fingerprint density at radius 3 is 2.00 bits per heavy atom. The van der Waals surface area contributed by atoms with Gasteiger partial charge in [-0.05, 0) is 5.92 Å². The maximum atomic E-state index is 11.0. The Hall–Kier alpha value is -1.85. The van der Waals surface area contributed by atoms with Crippen molar-refractivity contribution >= 4 is 17.8 Å². The second-order valence-corrected chi connectivity index (χ2v) is 3.24. The van der Waals surface area contributed by atoms with E-state index < -0.39 is 23.9 Å². The highest BCUT2D eigenvalue weighted by Gasteiger charge is 2.22. The molecule has 0 bridgehead atoms. The zero-order valence-electron chi connectivity index (χ0n) is 8.43. The fraction of sp³-hybridized carbons (Fsp3) is 0.444. The van der Waals surface area contributed by atoms with Crippen LogP contribution in [0.2, 0.25) is 0 Å². The second-order valence-electron chi connectivity index (χ2n) is 3.24. The van der Waals surface area contributed by atoms with Crippen LogP contribution in [-0.2, 0) is 14.4 Å². The number of amides is 1. The predicted octanol–water partition coefficient (Wildman–Crippen LogP) is -0.147. The van der Waals surface area contributed by atoms with Crippen LogP contribution in [0.5, 0.6) is 0 Å². The minimum Gasteiger partial charge on any atom is -0.480 e. The molecule has 3 N–H and O–H groups in total. The summed E-state index contributed by atoms with van der Waals surface area (Å²) in [6.07, 6.45) is 1.43.